The Hall–Kier alpha value is -1.95. The number of halogens is 1. The van der Waals surface area contributed by atoms with Crippen molar-refractivity contribution in [1.82, 2.24) is 4.90 Å². The van der Waals surface area contributed by atoms with Gasteiger partial charge >= 0.3 is 0 Å². The van der Waals surface area contributed by atoms with Crippen LogP contribution >= 0.6 is 11.6 Å². The first-order valence-electron chi connectivity index (χ1n) is 8.59. The van der Waals surface area contributed by atoms with E-state index in [0.717, 1.165) is 53.6 Å². The highest BCUT2D eigenvalue weighted by molar-refractivity contribution is 6.30. The summed E-state index contributed by atoms with van der Waals surface area (Å²) < 4.78 is 21.8. The van der Waals surface area contributed by atoms with Crippen LogP contribution in [0.25, 0.3) is 0 Å². The van der Waals surface area contributed by atoms with Crippen molar-refractivity contribution in [3.8, 4) is 17.2 Å². The predicted molar refractivity (Wildman–Crippen MR) is 101 cm³/mol. The lowest BCUT2D eigenvalue weighted by Crippen LogP contribution is -2.24. The third-order valence-electron chi connectivity index (χ3n) is 4.45. The fraction of sp³-hybridized carbons (Fsp3) is 0.400. The van der Waals surface area contributed by atoms with Crippen LogP contribution in [0.3, 0.4) is 0 Å². The molecular weight excluding hydrogens is 354 g/mol. The van der Waals surface area contributed by atoms with E-state index < -0.39 is 0 Å². The molecule has 0 aromatic heterocycles. The zero-order valence-electron chi connectivity index (χ0n) is 15.4. The highest BCUT2D eigenvalue weighted by atomic mass is 35.5. The van der Waals surface area contributed by atoms with Crippen molar-refractivity contribution >= 4 is 11.6 Å². The minimum atomic E-state index is 0.281. The number of rotatable bonds is 7. The first-order chi connectivity index (χ1) is 12.6. The van der Waals surface area contributed by atoms with Gasteiger partial charge in [-0.15, -0.1) is 0 Å². The maximum absolute atomic E-state index is 6.28. The monoisotopic (exact) mass is 377 g/mol. The van der Waals surface area contributed by atoms with Crippen LogP contribution in [0.2, 0.25) is 5.02 Å². The Kier molecular flexibility index (Phi) is 6.25. The molecule has 0 fully saturated rings. The summed E-state index contributed by atoms with van der Waals surface area (Å²) in [4.78, 5) is 2.33. The summed E-state index contributed by atoms with van der Waals surface area (Å²) in [6.45, 7) is 5.38. The van der Waals surface area contributed by atoms with Gasteiger partial charge in [-0.05, 0) is 36.4 Å². The van der Waals surface area contributed by atoms with E-state index in [0.29, 0.717) is 11.6 Å². The lowest BCUT2D eigenvalue weighted by Gasteiger charge is -2.25. The summed E-state index contributed by atoms with van der Waals surface area (Å²) in [7, 11) is 3.29. The lowest BCUT2D eigenvalue weighted by molar-refractivity contribution is -0.0174. The molecule has 1 aliphatic rings. The molecule has 0 saturated heterocycles. The van der Waals surface area contributed by atoms with Gasteiger partial charge in [0.25, 0.3) is 0 Å². The molecule has 0 atom stereocenters. The summed E-state index contributed by atoms with van der Waals surface area (Å²) in [5, 5.41) is 0.704. The molecule has 0 bridgehead atoms. The molecule has 26 heavy (non-hydrogen) atoms. The topological polar surface area (TPSA) is 40.2 Å². The minimum Gasteiger partial charge on any atom is -0.493 e. The molecule has 2 aromatic carbocycles. The van der Waals surface area contributed by atoms with Crippen LogP contribution in [0, 0.1) is 0 Å². The standard InChI is InChI=1S/C20H24ClNO4/c1-4-22(10-14-5-6-18(23-2)19(7-14)24-3)11-15-8-17(21)9-16-12-25-13-26-20(15)16/h5-9H,4,10-13H2,1-3H3. The van der Waals surface area contributed by atoms with Crippen LogP contribution in [0.1, 0.15) is 23.6 Å². The molecule has 1 aliphatic heterocycles. The van der Waals surface area contributed by atoms with Crippen molar-refractivity contribution in [3.05, 3.63) is 52.0 Å². The highest BCUT2D eigenvalue weighted by Crippen LogP contribution is 2.33. The number of methoxy groups -OCH3 is 2. The molecule has 140 valence electrons. The molecule has 0 N–H and O–H groups in total. The second kappa shape index (κ2) is 8.62. The van der Waals surface area contributed by atoms with Gasteiger partial charge in [-0.3, -0.25) is 4.90 Å². The molecule has 0 radical (unpaired) electrons. The summed E-state index contributed by atoms with van der Waals surface area (Å²) in [6.07, 6.45) is 0. The Morgan fingerprint density at radius 1 is 1.08 bits per heavy atom. The molecule has 1 heterocycles. The Bertz CT molecular complexity index is 766. The summed E-state index contributed by atoms with van der Waals surface area (Å²) in [6, 6.07) is 9.89. The van der Waals surface area contributed by atoms with Gasteiger partial charge < -0.3 is 18.9 Å². The first kappa shape index (κ1) is 18.8. The fourth-order valence-electron chi connectivity index (χ4n) is 3.13. The molecule has 0 spiro atoms. The lowest BCUT2D eigenvalue weighted by atomic mass is 10.1. The predicted octanol–water partition coefficient (Wildman–Crippen LogP) is 4.25. The second-order valence-corrected chi connectivity index (χ2v) is 6.59. The van der Waals surface area contributed by atoms with Crippen molar-refractivity contribution in [3.63, 3.8) is 0 Å². The van der Waals surface area contributed by atoms with E-state index >= 15 is 0 Å². The van der Waals surface area contributed by atoms with E-state index in [2.05, 4.69) is 17.9 Å². The van der Waals surface area contributed by atoms with Gasteiger partial charge in [0.2, 0.25) is 0 Å². The zero-order chi connectivity index (χ0) is 18.5. The average Bonchev–Trinajstić information content (AvgIpc) is 2.67. The van der Waals surface area contributed by atoms with Gasteiger partial charge in [0.15, 0.2) is 18.3 Å². The zero-order valence-corrected chi connectivity index (χ0v) is 16.1. The molecule has 0 saturated carbocycles. The Labute approximate surface area is 159 Å². The summed E-state index contributed by atoms with van der Waals surface area (Å²) >= 11 is 6.28. The number of fused-ring (bicyclic) bond motifs is 1. The maximum atomic E-state index is 6.28. The second-order valence-electron chi connectivity index (χ2n) is 6.16. The molecule has 3 rings (SSSR count). The van der Waals surface area contributed by atoms with Crippen LogP contribution in [-0.2, 0) is 24.4 Å². The quantitative estimate of drug-likeness (QED) is 0.721. The van der Waals surface area contributed by atoms with Crippen LogP contribution in [-0.4, -0.2) is 32.5 Å². The van der Waals surface area contributed by atoms with Crippen molar-refractivity contribution in [1.29, 1.82) is 0 Å². The van der Waals surface area contributed by atoms with Crippen LogP contribution in [0.4, 0.5) is 0 Å². The first-order valence-corrected chi connectivity index (χ1v) is 8.97. The molecule has 2 aromatic rings. The van der Waals surface area contributed by atoms with Crippen molar-refractivity contribution in [2.75, 3.05) is 27.6 Å². The fourth-order valence-corrected chi connectivity index (χ4v) is 3.40. The summed E-state index contributed by atoms with van der Waals surface area (Å²) in [5.41, 5.74) is 3.24. The number of benzene rings is 2. The smallest absolute Gasteiger partial charge is 0.189 e. The number of ether oxygens (including phenoxy) is 4. The SMILES string of the molecule is CCN(Cc1ccc(OC)c(OC)c1)Cc1cc(Cl)cc2c1OCOC2. The van der Waals surface area contributed by atoms with Crippen molar-refractivity contribution in [2.45, 2.75) is 26.6 Å². The van der Waals surface area contributed by atoms with E-state index in [9.17, 15) is 0 Å². The van der Waals surface area contributed by atoms with Crippen LogP contribution < -0.4 is 14.2 Å². The van der Waals surface area contributed by atoms with E-state index in [4.69, 9.17) is 30.5 Å². The highest BCUT2D eigenvalue weighted by Gasteiger charge is 2.18. The number of hydrogen-bond acceptors (Lipinski definition) is 5. The van der Waals surface area contributed by atoms with Gasteiger partial charge in [-0.2, -0.15) is 0 Å². The Balaban J connectivity index is 1.79. The van der Waals surface area contributed by atoms with Gasteiger partial charge in [0, 0.05) is 29.2 Å². The van der Waals surface area contributed by atoms with E-state index in [-0.39, 0.29) is 6.79 Å². The maximum Gasteiger partial charge on any atom is 0.189 e. The number of nitrogens with zero attached hydrogens (tertiary/aromatic N) is 1. The van der Waals surface area contributed by atoms with Gasteiger partial charge in [-0.1, -0.05) is 24.6 Å². The number of hydrogen-bond donors (Lipinski definition) is 0. The van der Waals surface area contributed by atoms with Gasteiger partial charge in [0.1, 0.15) is 5.75 Å². The molecular formula is C20H24ClNO4. The summed E-state index contributed by atoms with van der Waals surface area (Å²) in [5.74, 6) is 2.37. The van der Waals surface area contributed by atoms with Crippen LogP contribution in [0.5, 0.6) is 17.2 Å². The molecule has 0 aliphatic carbocycles. The van der Waals surface area contributed by atoms with Gasteiger partial charge in [-0.25, -0.2) is 0 Å². The normalized spacial score (nSPS) is 13.3. The van der Waals surface area contributed by atoms with E-state index in [1.807, 2.05) is 24.3 Å². The molecule has 5 nitrogen and oxygen atoms in total. The van der Waals surface area contributed by atoms with Crippen molar-refractivity contribution in [2.24, 2.45) is 0 Å². The minimum absolute atomic E-state index is 0.281. The van der Waals surface area contributed by atoms with E-state index in [1.165, 1.54) is 0 Å². The molecule has 0 amide bonds. The van der Waals surface area contributed by atoms with Crippen molar-refractivity contribution < 1.29 is 18.9 Å². The Morgan fingerprint density at radius 3 is 2.62 bits per heavy atom. The third kappa shape index (κ3) is 4.23. The third-order valence-corrected chi connectivity index (χ3v) is 4.67. The van der Waals surface area contributed by atoms with Gasteiger partial charge in [0.05, 0.1) is 20.8 Å². The Morgan fingerprint density at radius 2 is 1.88 bits per heavy atom. The molecule has 0 unspecified atom stereocenters. The van der Waals surface area contributed by atoms with Crippen LogP contribution in [0.15, 0.2) is 30.3 Å². The average molecular weight is 378 g/mol. The van der Waals surface area contributed by atoms with E-state index in [1.54, 1.807) is 14.2 Å². The molecule has 6 heteroatoms. The largest absolute Gasteiger partial charge is 0.493 e.